The van der Waals surface area contributed by atoms with E-state index in [1.54, 1.807) is 0 Å². The molecule has 17 heavy (non-hydrogen) atoms. The second-order valence-corrected chi connectivity index (χ2v) is 5.80. The Morgan fingerprint density at radius 1 is 1.06 bits per heavy atom. The van der Waals surface area contributed by atoms with Crippen molar-refractivity contribution in [3.63, 3.8) is 0 Å². The molecule has 1 aromatic rings. The van der Waals surface area contributed by atoms with Gasteiger partial charge in [-0.25, -0.2) is 0 Å². The largest absolute Gasteiger partial charge is 0.324 e. The van der Waals surface area contributed by atoms with Gasteiger partial charge in [-0.1, -0.05) is 51.7 Å². The molecule has 96 valence electrons. The van der Waals surface area contributed by atoms with Crippen molar-refractivity contribution in [2.24, 2.45) is 5.73 Å². The third kappa shape index (κ3) is 5.60. The van der Waals surface area contributed by atoms with Crippen molar-refractivity contribution in [3.8, 4) is 0 Å². The van der Waals surface area contributed by atoms with Crippen LogP contribution in [0.2, 0.25) is 0 Å². The van der Waals surface area contributed by atoms with E-state index in [2.05, 4.69) is 38.1 Å². The van der Waals surface area contributed by atoms with Gasteiger partial charge in [0.2, 0.25) is 0 Å². The molecule has 1 unspecified atom stereocenters. The van der Waals surface area contributed by atoms with Crippen molar-refractivity contribution < 1.29 is 0 Å². The van der Waals surface area contributed by atoms with E-state index in [4.69, 9.17) is 5.73 Å². The van der Waals surface area contributed by atoms with Crippen LogP contribution in [-0.2, 0) is 0 Å². The topological polar surface area (TPSA) is 26.0 Å². The van der Waals surface area contributed by atoms with Crippen LogP contribution in [0, 0.1) is 0 Å². The van der Waals surface area contributed by atoms with E-state index in [0.717, 1.165) is 12.2 Å². The second kappa shape index (κ2) is 8.60. The molecule has 0 aliphatic rings. The molecule has 0 saturated heterocycles. The molecule has 0 fully saturated rings. The Morgan fingerprint density at radius 2 is 1.76 bits per heavy atom. The smallest absolute Gasteiger partial charge is 0.0294 e. The Balaban J connectivity index is 2.37. The molecule has 1 nitrogen and oxygen atoms in total. The average Bonchev–Trinajstić information content (AvgIpc) is 2.36. The third-order valence-electron chi connectivity index (χ3n) is 2.99. The van der Waals surface area contributed by atoms with E-state index in [-0.39, 0.29) is 6.04 Å². The van der Waals surface area contributed by atoms with Gasteiger partial charge in [0.15, 0.2) is 0 Å². The van der Waals surface area contributed by atoms with Crippen molar-refractivity contribution in [1.82, 2.24) is 0 Å². The van der Waals surface area contributed by atoms with Crippen molar-refractivity contribution in [1.29, 1.82) is 0 Å². The Kier molecular flexibility index (Phi) is 7.38. The zero-order valence-electron chi connectivity index (χ0n) is 11.1. The van der Waals surface area contributed by atoms with Gasteiger partial charge in [-0.05, 0) is 29.9 Å². The standard InChI is InChI=1S/C15H25NS/c1-3-5-6-7-8-15(16)13-9-11-14(12-10-13)17-4-2/h9-12,15H,3-8,16H2,1-2H3. The fourth-order valence-corrected chi connectivity index (χ4v) is 2.60. The number of hydrogen-bond acceptors (Lipinski definition) is 2. The van der Waals surface area contributed by atoms with Crippen LogP contribution in [0.3, 0.4) is 0 Å². The van der Waals surface area contributed by atoms with Crippen LogP contribution in [0.15, 0.2) is 29.2 Å². The van der Waals surface area contributed by atoms with Gasteiger partial charge in [-0.15, -0.1) is 11.8 Å². The fourth-order valence-electron chi connectivity index (χ4n) is 1.94. The molecule has 1 rings (SSSR count). The van der Waals surface area contributed by atoms with Crippen LogP contribution in [0.5, 0.6) is 0 Å². The monoisotopic (exact) mass is 251 g/mol. The quantitative estimate of drug-likeness (QED) is 0.532. The highest BCUT2D eigenvalue weighted by Gasteiger charge is 2.05. The van der Waals surface area contributed by atoms with Crippen molar-refractivity contribution >= 4 is 11.8 Å². The molecule has 1 atom stereocenters. The molecule has 0 aliphatic carbocycles. The number of benzene rings is 1. The normalized spacial score (nSPS) is 12.6. The molecule has 0 amide bonds. The predicted octanol–water partition coefficient (Wildman–Crippen LogP) is 4.77. The molecule has 0 aliphatic heterocycles. The zero-order valence-corrected chi connectivity index (χ0v) is 11.9. The summed E-state index contributed by atoms with van der Waals surface area (Å²) in [6, 6.07) is 8.96. The summed E-state index contributed by atoms with van der Waals surface area (Å²) in [7, 11) is 0. The third-order valence-corrected chi connectivity index (χ3v) is 3.88. The number of hydrogen-bond donors (Lipinski definition) is 1. The first-order valence-electron chi connectivity index (χ1n) is 6.76. The molecular formula is C15H25NS. The lowest BCUT2D eigenvalue weighted by Crippen LogP contribution is -2.09. The summed E-state index contributed by atoms with van der Waals surface area (Å²) >= 11 is 1.88. The van der Waals surface area contributed by atoms with Crippen LogP contribution >= 0.6 is 11.8 Å². The van der Waals surface area contributed by atoms with E-state index < -0.39 is 0 Å². The van der Waals surface area contributed by atoms with Gasteiger partial charge >= 0.3 is 0 Å². The van der Waals surface area contributed by atoms with Gasteiger partial charge in [0.05, 0.1) is 0 Å². The van der Waals surface area contributed by atoms with Crippen molar-refractivity contribution in [2.75, 3.05) is 5.75 Å². The molecule has 2 heteroatoms. The molecular weight excluding hydrogens is 226 g/mol. The van der Waals surface area contributed by atoms with E-state index in [1.807, 2.05) is 11.8 Å². The van der Waals surface area contributed by atoms with Crippen LogP contribution < -0.4 is 5.73 Å². The van der Waals surface area contributed by atoms with Gasteiger partial charge in [0.25, 0.3) is 0 Å². The minimum atomic E-state index is 0.215. The Hall–Kier alpha value is -0.470. The molecule has 2 N–H and O–H groups in total. The molecule has 0 saturated carbocycles. The number of rotatable bonds is 8. The van der Waals surface area contributed by atoms with Gasteiger partial charge in [0.1, 0.15) is 0 Å². The lowest BCUT2D eigenvalue weighted by molar-refractivity contribution is 0.566. The fraction of sp³-hybridized carbons (Fsp3) is 0.600. The summed E-state index contributed by atoms with van der Waals surface area (Å²) in [4.78, 5) is 1.34. The highest BCUT2D eigenvalue weighted by Crippen LogP contribution is 2.22. The molecule has 0 radical (unpaired) electrons. The molecule has 0 heterocycles. The highest BCUT2D eigenvalue weighted by atomic mass is 32.2. The van der Waals surface area contributed by atoms with E-state index in [1.165, 1.54) is 36.1 Å². The average molecular weight is 251 g/mol. The zero-order chi connectivity index (χ0) is 12.5. The van der Waals surface area contributed by atoms with Crippen LogP contribution in [0.25, 0.3) is 0 Å². The maximum atomic E-state index is 6.19. The maximum absolute atomic E-state index is 6.19. The van der Waals surface area contributed by atoms with E-state index in [0.29, 0.717) is 0 Å². The minimum Gasteiger partial charge on any atom is -0.324 e. The first kappa shape index (κ1) is 14.6. The summed E-state index contributed by atoms with van der Waals surface area (Å²) in [5.74, 6) is 1.13. The number of unbranched alkanes of at least 4 members (excludes halogenated alkanes) is 3. The first-order chi connectivity index (χ1) is 8.27. The number of thioether (sulfide) groups is 1. The van der Waals surface area contributed by atoms with Gasteiger partial charge in [-0.2, -0.15) is 0 Å². The Morgan fingerprint density at radius 3 is 2.35 bits per heavy atom. The van der Waals surface area contributed by atoms with Crippen molar-refractivity contribution in [2.45, 2.75) is 56.9 Å². The SMILES string of the molecule is CCCCCCC(N)c1ccc(SCC)cc1. The predicted molar refractivity (Wildman–Crippen MR) is 78.5 cm³/mol. The highest BCUT2D eigenvalue weighted by molar-refractivity contribution is 7.99. The lowest BCUT2D eigenvalue weighted by Gasteiger charge is -2.12. The van der Waals surface area contributed by atoms with Gasteiger partial charge < -0.3 is 5.73 Å². The van der Waals surface area contributed by atoms with Gasteiger partial charge in [-0.3, -0.25) is 0 Å². The van der Waals surface area contributed by atoms with Crippen LogP contribution in [0.4, 0.5) is 0 Å². The summed E-state index contributed by atoms with van der Waals surface area (Å²) in [5.41, 5.74) is 7.47. The Bertz CT molecular complexity index is 294. The van der Waals surface area contributed by atoms with Gasteiger partial charge in [0, 0.05) is 10.9 Å². The molecule has 0 bridgehead atoms. The summed E-state index contributed by atoms with van der Waals surface area (Å²) < 4.78 is 0. The number of nitrogens with two attached hydrogens (primary N) is 1. The lowest BCUT2D eigenvalue weighted by atomic mass is 10.0. The summed E-state index contributed by atoms with van der Waals surface area (Å²) in [6.45, 7) is 4.42. The van der Waals surface area contributed by atoms with Crippen molar-refractivity contribution in [3.05, 3.63) is 29.8 Å². The maximum Gasteiger partial charge on any atom is 0.0294 e. The molecule has 0 spiro atoms. The molecule has 0 aromatic heterocycles. The van der Waals surface area contributed by atoms with Crippen LogP contribution in [0.1, 0.15) is 57.6 Å². The summed E-state index contributed by atoms with van der Waals surface area (Å²) in [6.07, 6.45) is 6.30. The summed E-state index contributed by atoms with van der Waals surface area (Å²) in [5, 5.41) is 0. The second-order valence-electron chi connectivity index (χ2n) is 4.46. The van der Waals surface area contributed by atoms with E-state index >= 15 is 0 Å². The Labute approximate surface area is 110 Å². The minimum absolute atomic E-state index is 0.215. The van der Waals surface area contributed by atoms with E-state index in [9.17, 15) is 0 Å². The van der Waals surface area contributed by atoms with Crippen LogP contribution in [-0.4, -0.2) is 5.75 Å². The first-order valence-corrected chi connectivity index (χ1v) is 7.74. The molecule has 1 aromatic carbocycles.